The summed E-state index contributed by atoms with van der Waals surface area (Å²) in [4.78, 5) is 21.1. The third kappa shape index (κ3) is 7.95. The van der Waals surface area contributed by atoms with Crippen LogP contribution in [0.15, 0.2) is 4.99 Å². The van der Waals surface area contributed by atoms with E-state index in [1.165, 1.54) is 25.9 Å². The van der Waals surface area contributed by atoms with Gasteiger partial charge in [0.2, 0.25) is 0 Å². The van der Waals surface area contributed by atoms with Crippen molar-refractivity contribution >= 4 is 12.1 Å². The Morgan fingerprint density at radius 1 is 1.19 bits per heavy atom. The molecule has 27 heavy (non-hydrogen) atoms. The highest BCUT2D eigenvalue weighted by molar-refractivity contribution is 5.80. The van der Waals surface area contributed by atoms with Crippen LogP contribution < -0.4 is 10.6 Å². The smallest absolute Gasteiger partial charge is 0.407 e. The van der Waals surface area contributed by atoms with Crippen molar-refractivity contribution < 1.29 is 9.53 Å². The number of guanidine groups is 1. The maximum Gasteiger partial charge on any atom is 0.407 e. The van der Waals surface area contributed by atoms with Crippen molar-refractivity contribution in [2.75, 3.05) is 46.3 Å². The summed E-state index contributed by atoms with van der Waals surface area (Å²) in [5.74, 6) is 1.81. The summed E-state index contributed by atoms with van der Waals surface area (Å²) in [6.45, 7) is 14.2. The number of likely N-dealkylation sites (tertiary alicyclic amines) is 2. The van der Waals surface area contributed by atoms with E-state index in [0.29, 0.717) is 0 Å². The second-order valence-electron chi connectivity index (χ2n) is 8.93. The number of hydrogen-bond acceptors (Lipinski definition) is 4. The first-order chi connectivity index (χ1) is 12.8. The van der Waals surface area contributed by atoms with E-state index >= 15 is 0 Å². The summed E-state index contributed by atoms with van der Waals surface area (Å²) in [7, 11) is 1.82. The van der Waals surface area contributed by atoms with E-state index < -0.39 is 5.60 Å². The molecule has 2 aliphatic heterocycles. The van der Waals surface area contributed by atoms with Crippen LogP contribution >= 0.6 is 0 Å². The molecule has 1 atom stereocenters. The van der Waals surface area contributed by atoms with Gasteiger partial charge in [-0.25, -0.2) is 4.79 Å². The van der Waals surface area contributed by atoms with Crippen LogP contribution in [0.3, 0.4) is 0 Å². The maximum absolute atomic E-state index is 11.9. The number of piperidine rings is 1. The van der Waals surface area contributed by atoms with E-state index in [4.69, 9.17) is 4.74 Å². The number of carbonyl (C=O) groups excluding carboxylic acids is 1. The largest absolute Gasteiger partial charge is 0.444 e. The Balaban J connectivity index is 1.65. The molecular formula is C20H39N5O2. The fraction of sp³-hybridized carbons (Fsp3) is 0.900. The molecule has 0 saturated carbocycles. The molecule has 1 amide bonds. The van der Waals surface area contributed by atoms with Gasteiger partial charge in [0.05, 0.1) is 6.04 Å². The molecule has 2 aliphatic rings. The lowest BCUT2D eigenvalue weighted by atomic mass is 9.99. The number of nitrogens with zero attached hydrogens (tertiary/aromatic N) is 3. The Morgan fingerprint density at radius 2 is 1.89 bits per heavy atom. The van der Waals surface area contributed by atoms with Gasteiger partial charge in [0, 0.05) is 26.7 Å². The lowest BCUT2D eigenvalue weighted by Crippen LogP contribution is -2.44. The molecule has 0 spiro atoms. The normalized spacial score (nSPS) is 22.8. The molecule has 7 heteroatoms. The van der Waals surface area contributed by atoms with Gasteiger partial charge in [0.1, 0.15) is 5.60 Å². The average molecular weight is 382 g/mol. The summed E-state index contributed by atoms with van der Waals surface area (Å²) in [5.41, 5.74) is -0.466. The molecular weight excluding hydrogens is 342 g/mol. The van der Waals surface area contributed by atoms with E-state index in [1.54, 1.807) is 0 Å². The molecule has 0 aromatic carbocycles. The van der Waals surface area contributed by atoms with Gasteiger partial charge in [0.25, 0.3) is 0 Å². The lowest BCUT2D eigenvalue weighted by molar-refractivity contribution is 0.0507. The van der Waals surface area contributed by atoms with Crippen LogP contribution in [0.2, 0.25) is 0 Å². The summed E-state index contributed by atoms with van der Waals surface area (Å²) in [5, 5.41) is 6.44. The minimum absolute atomic E-state index is 0.105. The Labute approximate surface area is 164 Å². The molecule has 156 valence electrons. The predicted octanol–water partition coefficient (Wildman–Crippen LogP) is 2.28. The molecule has 2 fully saturated rings. The molecule has 1 unspecified atom stereocenters. The maximum atomic E-state index is 11.9. The zero-order valence-corrected chi connectivity index (χ0v) is 17.9. The molecule has 2 saturated heterocycles. The predicted molar refractivity (Wildman–Crippen MR) is 110 cm³/mol. The molecule has 0 bridgehead atoms. The fourth-order valence-electron chi connectivity index (χ4n) is 3.67. The van der Waals surface area contributed by atoms with Crippen molar-refractivity contribution in [3.63, 3.8) is 0 Å². The number of carbonyl (C=O) groups is 1. The van der Waals surface area contributed by atoms with E-state index in [0.717, 1.165) is 50.9 Å². The summed E-state index contributed by atoms with van der Waals surface area (Å²) in [6.07, 6.45) is 4.35. The highest BCUT2D eigenvalue weighted by atomic mass is 16.6. The second-order valence-corrected chi connectivity index (χ2v) is 8.93. The molecule has 0 aromatic rings. The topological polar surface area (TPSA) is 69.2 Å². The third-order valence-electron chi connectivity index (χ3n) is 5.23. The molecule has 0 radical (unpaired) electrons. The Bertz CT molecular complexity index is 495. The van der Waals surface area contributed by atoms with Crippen LogP contribution in [0.25, 0.3) is 0 Å². The molecule has 2 rings (SSSR count). The van der Waals surface area contributed by atoms with Crippen molar-refractivity contribution in [2.45, 2.75) is 65.0 Å². The number of ether oxygens (including phenoxy) is 1. The Kier molecular flexibility index (Phi) is 8.20. The zero-order chi connectivity index (χ0) is 19.9. The fourth-order valence-corrected chi connectivity index (χ4v) is 3.67. The highest BCUT2D eigenvalue weighted by Gasteiger charge is 2.27. The number of alkyl carbamates (subject to hydrolysis) is 1. The van der Waals surface area contributed by atoms with Gasteiger partial charge in [-0.3, -0.25) is 4.99 Å². The summed E-state index contributed by atoms with van der Waals surface area (Å²) < 4.78 is 5.35. The van der Waals surface area contributed by atoms with Gasteiger partial charge in [-0.1, -0.05) is 6.92 Å². The molecule has 0 aliphatic carbocycles. The standard InChI is InChI=1S/C20H39N5O2/c1-16-7-12-24(13-8-16)11-6-10-22-18(21-5)25-14-9-17(15-25)23-19(26)27-20(2,3)4/h16-17H,6-15H2,1-5H3,(H,21,22)(H,23,26). The number of rotatable bonds is 5. The number of nitrogens with one attached hydrogen (secondary N) is 2. The first-order valence-electron chi connectivity index (χ1n) is 10.4. The van der Waals surface area contributed by atoms with E-state index in [-0.39, 0.29) is 12.1 Å². The quantitative estimate of drug-likeness (QED) is 0.434. The van der Waals surface area contributed by atoms with Gasteiger partial charge in [-0.15, -0.1) is 0 Å². The average Bonchev–Trinajstić information content (AvgIpc) is 3.03. The minimum Gasteiger partial charge on any atom is -0.444 e. The third-order valence-corrected chi connectivity index (χ3v) is 5.23. The van der Waals surface area contributed by atoms with Crippen LogP contribution in [0.1, 0.15) is 53.4 Å². The molecule has 2 N–H and O–H groups in total. The highest BCUT2D eigenvalue weighted by Crippen LogP contribution is 2.16. The van der Waals surface area contributed by atoms with Crippen molar-refractivity contribution in [1.29, 1.82) is 0 Å². The lowest BCUT2D eigenvalue weighted by Gasteiger charge is -2.30. The van der Waals surface area contributed by atoms with Gasteiger partial charge >= 0.3 is 6.09 Å². The van der Waals surface area contributed by atoms with Gasteiger partial charge in [0.15, 0.2) is 5.96 Å². The number of aliphatic imine (C=N–C) groups is 1. The molecule has 0 aromatic heterocycles. The number of amides is 1. The zero-order valence-electron chi connectivity index (χ0n) is 17.9. The SMILES string of the molecule is CN=C(NCCCN1CCC(C)CC1)N1CCC(NC(=O)OC(C)(C)C)C1. The van der Waals surface area contributed by atoms with E-state index in [2.05, 4.69) is 32.3 Å². The van der Waals surface area contributed by atoms with Crippen LogP contribution in [-0.4, -0.2) is 79.8 Å². The van der Waals surface area contributed by atoms with Crippen LogP contribution in [0.4, 0.5) is 4.79 Å². The number of hydrogen-bond donors (Lipinski definition) is 2. The Morgan fingerprint density at radius 3 is 2.52 bits per heavy atom. The first kappa shape index (κ1) is 21.8. The monoisotopic (exact) mass is 381 g/mol. The van der Waals surface area contributed by atoms with Gasteiger partial charge in [-0.2, -0.15) is 0 Å². The molecule has 2 heterocycles. The summed E-state index contributed by atoms with van der Waals surface area (Å²) in [6, 6.07) is 0.105. The Hall–Kier alpha value is -1.50. The van der Waals surface area contributed by atoms with Crippen molar-refractivity contribution in [1.82, 2.24) is 20.4 Å². The second kappa shape index (κ2) is 10.2. The first-order valence-corrected chi connectivity index (χ1v) is 10.4. The van der Waals surface area contributed by atoms with Crippen molar-refractivity contribution in [3.8, 4) is 0 Å². The summed E-state index contributed by atoms with van der Waals surface area (Å²) >= 11 is 0. The van der Waals surface area contributed by atoms with E-state index in [9.17, 15) is 4.79 Å². The van der Waals surface area contributed by atoms with Gasteiger partial charge < -0.3 is 25.2 Å². The van der Waals surface area contributed by atoms with Crippen molar-refractivity contribution in [2.24, 2.45) is 10.9 Å². The van der Waals surface area contributed by atoms with Crippen molar-refractivity contribution in [3.05, 3.63) is 0 Å². The van der Waals surface area contributed by atoms with Crippen LogP contribution in [0, 0.1) is 5.92 Å². The van der Waals surface area contributed by atoms with Gasteiger partial charge in [-0.05, 0) is 72.0 Å². The minimum atomic E-state index is -0.466. The van der Waals surface area contributed by atoms with E-state index in [1.807, 2.05) is 27.8 Å². The molecule has 7 nitrogen and oxygen atoms in total. The van der Waals surface area contributed by atoms with Crippen LogP contribution in [0.5, 0.6) is 0 Å². The van der Waals surface area contributed by atoms with Crippen LogP contribution in [-0.2, 0) is 4.74 Å².